The van der Waals surface area contributed by atoms with Gasteiger partial charge in [0.15, 0.2) is 11.6 Å². The second-order valence-corrected chi connectivity index (χ2v) is 9.58. The molecule has 2 aromatic heterocycles. The number of halogens is 2. The Kier molecular flexibility index (Phi) is 6.37. The van der Waals surface area contributed by atoms with Crippen molar-refractivity contribution in [3.05, 3.63) is 47.0 Å². The lowest BCUT2D eigenvalue weighted by molar-refractivity contribution is -0.135. The molecular weight excluding hydrogens is 529 g/mol. The van der Waals surface area contributed by atoms with Gasteiger partial charge in [-0.2, -0.15) is 9.36 Å². The number of carboxylic acid groups (broad SMARTS) is 1. The minimum absolute atomic E-state index is 0.0223. The molecule has 12 nitrogen and oxygen atoms in total. The van der Waals surface area contributed by atoms with E-state index in [2.05, 4.69) is 24.7 Å². The predicted octanol–water partition coefficient (Wildman–Crippen LogP) is 2.33. The fourth-order valence-electron chi connectivity index (χ4n) is 4.23. The van der Waals surface area contributed by atoms with Gasteiger partial charge in [-0.25, -0.2) is 19.2 Å². The largest absolute Gasteiger partial charge is 0.495 e. The Balaban J connectivity index is 1.38. The molecule has 0 saturated carbocycles. The molecule has 0 aliphatic carbocycles. The number of aromatic nitrogens is 3. The van der Waals surface area contributed by atoms with Crippen molar-refractivity contribution in [3.8, 4) is 5.75 Å². The van der Waals surface area contributed by atoms with E-state index >= 15 is 4.39 Å². The molecule has 37 heavy (non-hydrogen) atoms. The summed E-state index contributed by atoms with van der Waals surface area (Å²) < 4.78 is 24.4. The summed E-state index contributed by atoms with van der Waals surface area (Å²) in [5, 5.41) is 12.4. The van der Waals surface area contributed by atoms with Crippen LogP contribution in [0.4, 0.5) is 15.3 Å². The molecule has 5 rings (SSSR count). The molecule has 5 heterocycles. The lowest BCUT2D eigenvalue weighted by Gasteiger charge is -2.43. The average Bonchev–Trinajstić information content (AvgIpc) is 3.27. The molecule has 2 N–H and O–H groups in total. The average molecular weight is 548 g/mol. The number of rotatable bonds is 6. The lowest BCUT2D eigenvalue weighted by Crippen LogP contribution is -2.54. The Labute approximate surface area is 218 Å². The molecule has 1 saturated heterocycles. The lowest BCUT2D eigenvalue weighted by atomic mass is 9.80. The quantitative estimate of drug-likeness (QED) is 0.516. The highest BCUT2D eigenvalue weighted by molar-refractivity contribution is 7.10. The number of hydrogen-bond donors (Lipinski definition) is 2. The Morgan fingerprint density at radius 2 is 2.08 bits per heavy atom. The molecule has 0 radical (unpaired) electrons. The van der Waals surface area contributed by atoms with E-state index in [1.165, 1.54) is 25.1 Å². The number of aliphatic carboxylic acids is 1. The number of carboxylic acids is 1. The molecule has 192 valence electrons. The van der Waals surface area contributed by atoms with Gasteiger partial charge in [-0.15, -0.1) is 0 Å². The summed E-state index contributed by atoms with van der Waals surface area (Å²) in [5.74, 6) is -4.77. The van der Waals surface area contributed by atoms with Crippen molar-refractivity contribution in [2.45, 2.75) is 6.92 Å². The molecule has 15 heteroatoms. The van der Waals surface area contributed by atoms with Gasteiger partial charge in [0, 0.05) is 36.7 Å². The van der Waals surface area contributed by atoms with Crippen LogP contribution in [0.2, 0.25) is 5.28 Å². The fourth-order valence-corrected chi connectivity index (χ4v) is 5.02. The summed E-state index contributed by atoms with van der Waals surface area (Å²) in [6.07, 6.45) is 2.57. The van der Waals surface area contributed by atoms with Gasteiger partial charge in [0.1, 0.15) is 28.8 Å². The SMILES string of the molecule is COc1ccc(NC(=O)C2CN(C3=C(F)C(C)C4C(=O)C(C(=O)O)=CN(c5nc(Cl)ns5)C4=N3)C2)nc1. The van der Waals surface area contributed by atoms with Gasteiger partial charge in [-0.3, -0.25) is 14.5 Å². The molecule has 0 spiro atoms. The van der Waals surface area contributed by atoms with Crippen LogP contribution in [0.25, 0.3) is 0 Å². The normalized spacial score (nSPS) is 21.7. The van der Waals surface area contributed by atoms with Crippen molar-refractivity contribution < 1.29 is 28.6 Å². The maximum Gasteiger partial charge on any atom is 0.340 e. The maximum absolute atomic E-state index is 15.5. The molecule has 0 aromatic carbocycles. The first-order valence-electron chi connectivity index (χ1n) is 11.0. The van der Waals surface area contributed by atoms with Crippen molar-refractivity contribution >= 4 is 57.6 Å². The number of anilines is 2. The number of nitrogens with one attached hydrogen (secondary N) is 1. The third-order valence-electron chi connectivity index (χ3n) is 6.27. The van der Waals surface area contributed by atoms with Crippen LogP contribution in [-0.4, -0.2) is 68.0 Å². The van der Waals surface area contributed by atoms with Gasteiger partial charge < -0.3 is 20.1 Å². The zero-order valence-corrected chi connectivity index (χ0v) is 21.0. The van der Waals surface area contributed by atoms with E-state index in [9.17, 15) is 19.5 Å². The molecule has 1 amide bonds. The number of carbonyl (C=O) groups excluding carboxylic acids is 2. The number of allylic oxidation sites excluding steroid dienone is 1. The number of ketones is 1. The van der Waals surface area contributed by atoms with E-state index in [1.54, 1.807) is 17.0 Å². The van der Waals surface area contributed by atoms with Gasteiger partial charge in [0.25, 0.3) is 0 Å². The summed E-state index contributed by atoms with van der Waals surface area (Å²) in [5.41, 5.74) is -0.522. The predicted molar refractivity (Wildman–Crippen MR) is 131 cm³/mol. The minimum atomic E-state index is -1.45. The van der Waals surface area contributed by atoms with E-state index in [1.807, 2.05) is 0 Å². The number of fused-ring (bicyclic) bond motifs is 1. The Morgan fingerprint density at radius 3 is 2.68 bits per heavy atom. The molecule has 2 aromatic rings. The first-order valence-corrected chi connectivity index (χ1v) is 12.1. The second-order valence-electron chi connectivity index (χ2n) is 8.51. The Morgan fingerprint density at radius 1 is 1.32 bits per heavy atom. The Hall–Kier alpha value is -3.91. The van der Waals surface area contributed by atoms with Crippen LogP contribution in [0.15, 0.2) is 46.7 Å². The summed E-state index contributed by atoms with van der Waals surface area (Å²) in [6.45, 7) is 1.86. The molecule has 3 aliphatic rings. The number of nitrogens with zero attached hydrogens (tertiary/aromatic N) is 6. The van der Waals surface area contributed by atoms with Crippen molar-refractivity contribution in [3.63, 3.8) is 0 Å². The monoisotopic (exact) mass is 547 g/mol. The number of pyridine rings is 1. The number of ether oxygens (including phenoxy) is 1. The van der Waals surface area contributed by atoms with Crippen molar-refractivity contribution in [2.75, 3.05) is 30.4 Å². The van der Waals surface area contributed by atoms with Crippen LogP contribution < -0.4 is 15.0 Å². The van der Waals surface area contributed by atoms with Gasteiger partial charge >= 0.3 is 5.97 Å². The molecule has 2 unspecified atom stereocenters. The van der Waals surface area contributed by atoms with E-state index in [-0.39, 0.29) is 41.1 Å². The molecule has 1 fully saturated rings. The maximum atomic E-state index is 15.5. The second kappa shape index (κ2) is 9.52. The topological polar surface area (TPSA) is 150 Å². The summed E-state index contributed by atoms with van der Waals surface area (Å²) in [7, 11) is 1.51. The van der Waals surface area contributed by atoms with E-state index in [0.29, 0.717) is 11.6 Å². The standard InChI is InChI=1S/C22H19ClFN7O5S/c1-9-14-16(32)12(20(34)35)8-31(22-28-21(23)29-37-22)17(14)27-18(15(9)24)30-6-10(7-30)19(33)26-13-4-3-11(36-2)5-25-13/h3-5,8-10,14H,6-7H2,1-2H3,(H,34,35)(H,25,26,33). The van der Waals surface area contributed by atoms with E-state index in [4.69, 9.17) is 16.3 Å². The molecule has 0 bridgehead atoms. The number of aliphatic imine (C=N–C) groups is 1. The van der Waals surface area contributed by atoms with E-state index < -0.39 is 40.9 Å². The number of Topliss-reactive ketones (excluding diaryl/α,β-unsaturated/α-hetero) is 1. The van der Waals surface area contributed by atoms with Crippen LogP contribution >= 0.6 is 23.1 Å². The van der Waals surface area contributed by atoms with Gasteiger partial charge in [-0.05, 0) is 23.7 Å². The third kappa shape index (κ3) is 4.42. The van der Waals surface area contributed by atoms with Gasteiger partial charge in [-0.1, -0.05) is 6.92 Å². The van der Waals surface area contributed by atoms with Crippen LogP contribution in [0, 0.1) is 17.8 Å². The van der Waals surface area contributed by atoms with Crippen molar-refractivity contribution in [1.29, 1.82) is 0 Å². The zero-order chi connectivity index (χ0) is 26.4. The van der Waals surface area contributed by atoms with E-state index in [0.717, 1.165) is 17.7 Å². The number of carbonyl (C=O) groups is 3. The van der Waals surface area contributed by atoms with Crippen LogP contribution in [-0.2, 0) is 14.4 Å². The minimum Gasteiger partial charge on any atom is -0.495 e. The number of amides is 1. The number of likely N-dealkylation sites (tertiary alicyclic amines) is 1. The Bertz CT molecular complexity index is 1390. The number of amidine groups is 1. The fraction of sp³-hybridized carbons (Fsp3) is 0.318. The summed E-state index contributed by atoms with van der Waals surface area (Å²) in [4.78, 5) is 52.8. The smallest absolute Gasteiger partial charge is 0.340 e. The summed E-state index contributed by atoms with van der Waals surface area (Å²) in [6, 6.07) is 3.27. The van der Waals surface area contributed by atoms with Crippen LogP contribution in [0.3, 0.4) is 0 Å². The highest BCUT2D eigenvalue weighted by atomic mass is 35.5. The zero-order valence-electron chi connectivity index (χ0n) is 19.4. The highest BCUT2D eigenvalue weighted by Crippen LogP contribution is 2.41. The van der Waals surface area contributed by atoms with Crippen molar-refractivity contribution in [2.24, 2.45) is 22.7 Å². The first-order chi connectivity index (χ1) is 17.7. The van der Waals surface area contributed by atoms with Crippen LogP contribution in [0.1, 0.15) is 6.92 Å². The molecular formula is C22H19ClFN7O5S. The third-order valence-corrected chi connectivity index (χ3v) is 7.25. The highest BCUT2D eigenvalue weighted by Gasteiger charge is 2.48. The first kappa shape index (κ1) is 24.8. The molecule has 3 aliphatic heterocycles. The van der Waals surface area contributed by atoms with Gasteiger partial charge in [0.05, 0.1) is 25.1 Å². The van der Waals surface area contributed by atoms with Gasteiger partial charge in [0.2, 0.25) is 16.3 Å². The number of hydrogen-bond acceptors (Lipinski definition) is 11. The summed E-state index contributed by atoms with van der Waals surface area (Å²) >= 11 is 6.73. The number of methoxy groups -OCH3 is 1. The van der Waals surface area contributed by atoms with Crippen LogP contribution in [0.5, 0.6) is 5.75 Å². The molecule has 2 atom stereocenters. The van der Waals surface area contributed by atoms with Crippen molar-refractivity contribution in [1.82, 2.24) is 19.2 Å².